The standard InChI is InChI=1S/C14H20/c1-7-14-10(3)8-9(2)11(4)12(5)13(14)6/h7H2,1-6H3. The molecule has 0 aromatic carbocycles. The van der Waals surface area contributed by atoms with E-state index in [9.17, 15) is 0 Å². The third-order valence-corrected chi connectivity index (χ3v) is 3.32. The van der Waals surface area contributed by atoms with Crippen LogP contribution in [0.2, 0.25) is 0 Å². The molecule has 14 heavy (non-hydrogen) atoms. The van der Waals surface area contributed by atoms with E-state index in [1.807, 2.05) is 0 Å². The molecule has 0 saturated carbocycles. The summed E-state index contributed by atoms with van der Waals surface area (Å²) in [5.74, 6) is 0. The molecule has 0 saturated heterocycles. The molecular weight excluding hydrogens is 168 g/mol. The van der Waals surface area contributed by atoms with E-state index >= 15 is 0 Å². The Morgan fingerprint density at radius 1 is 0.786 bits per heavy atom. The van der Waals surface area contributed by atoms with Gasteiger partial charge in [-0.25, -0.2) is 0 Å². The summed E-state index contributed by atoms with van der Waals surface area (Å²) in [6.07, 6.45) is 1.10. The third kappa shape index (κ3) is 1.76. The Labute approximate surface area is 87.7 Å². The normalized spacial score (nSPS) is 18.1. The molecule has 76 valence electrons. The number of hydrogen-bond donors (Lipinski definition) is 0. The first-order valence-electron chi connectivity index (χ1n) is 5.31. The van der Waals surface area contributed by atoms with Crippen molar-refractivity contribution in [2.45, 2.75) is 48.0 Å². The molecule has 0 aliphatic heterocycles. The van der Waals surface area contributed by atoms with E-state index in [0.29, 0.717) is 0 Å². The Morgan fingerprint density at radius 2 is 1.36 bits per heavy atom. The Hall–Kier alpha value is -1.00. The molecule has 0 spiro atoms. The maximum Gasteiger partial charge on any atom is -0.00539 e. The van der Waals surface area contributed by atoms with Crippen molar-refractivity contribution in [2.75, 3.05) is 0 Å². The van der Waals surface area contributed by atoms with Crippen molar-refractivity contribution in [3.05, 3.63) is 39.2 Å². The maximum absolute atomic E-state index is 3.47. The minimum atomic E-state index is 1.10. The van der Waals surface area contributed by atoms with Crippen molar-refractivity contribution < 1.29 is 0 Å². The molecule has 1 aliphatic rings. The summed E-state index contributed by atoms with van der Waals surface area (Å²) >= 11 is 0. The van der Waals surface area contributed by atoms with Crippen molar-refractivity contribution in [3.8, 4) is 0 Å². The molecule has 0 radical (unpaired) electrons. The summed E-state index contributed by atoms with van der Waals surface area (Å²) in [5, 5.41) is 0. The minimum absolute atomic E-state index is 1.10. The first-order valence-corrected chi connectivity index (χ1v) is 5.31. The Balaban J connectivity index is 3.51. The molecule has 1 aliphatic carbocycles. The van der Waals surface area contributed by atoms with Crippen LogP contribution < -0.4 is 0 Å². The fraction of sp³-hybridized carbons (Fsp3) is 0.500. The predicted molar refractivity (Wildman–Crippen MR) is 63.3 cm³/mol. The lowest BCUT2D eigenvalue weighted by Crippen LogP contribution is -1.91. The predicted octanol–water partition coefficient (Wildman–Crippen LogP) is 4.55. The highest BCUT2D eigenvalue weighted by atomic mass is 14.2. The van der Waals surface area contributed by atoms with Crippen LogP contribution in [0, 0.1) is 0 Å². The van der Waals surface area contributed by atoms with E-state index in [0.717, 1.165) is 6.42 Å². The molecule has 1 rings (SSSR count). The highest BCUT2D eigenvalue weighted by Crippen LogP contribution is 2.29. The molecule has 0 N–H and O–H groups in total. The summed E-state index contributed by atoms with van der Waals surface area (Å²) in [6, 6.07) is 0. The van der Waals surface area contributed by atoms with E-state index in [-0.39, 0.29) is 0 Å². The van der Waals surface area contributed by atoms with Crippen LogP contribution in [0.25, 0.3) is 0 Å². The number of allylic oxidation sites excluding steroid dienone is 5. The topological polar surface area (TPSA) is 0 Å². The largest absolute Gasteiger partial charge is 0.114 e. The van der Waals surface area contributed by atoms with Crippen LogP contribution in [-0.4, -0.2) is 0 Å². The molecule has 0 heteroatoms. The maximum atomic E-state index is 3.47. The van der Waals surface area contributed by atoms with Crippen LogP contribution >= 0.6 is 0 Å². The van der Waals surface area contributed by atoms with Gasteiger partial charge >= 0.3 is 0 Å². The lowest BCUT2D eigenvalue weighted by molar-refractivity contribution is 1.06. The van der Waals surface area contributed by atoms with Crippen molar-refractivity contribution in [2.24, 2.45) is 0 Å². The van der Waals surface area contributed by atoms with Gasteiger partial charge in [0.25, 0.3) is 0 Å². The Morgan fingerprint density at radius 3 is 1.86 bits per heavy atom. The fourth-order valence-corrected chi connectivity index (χ4v) is 2.05. The van der Waals surface area contributed by atoms with E-state index in [1.54, 1.807) is 0 Å². The highest BCUT2D eigenvalue weighted by Gasteiger charge is 2.11. The third-order valence-electron chi connectivity index (χ3n) is 3.32. The number of rotatable bonds is 1. The second-order valence-corrected chi connectivity index (χ2v) is 4.08. The smallest absolute Gasteiger partial charge is 0.00539 e. The minimum Gasteiger partial charge on any atom is -0.114 e. The first-order chi connectivity index (χ1) is 6.49. The second kappa shape index (κ2) is 4.02. The summed E-state index contributed by atoms with van der Waals surface area (Å²) in [5.41, 5.74) is 11.7. The van der Waals surface area contributed by atoms with Crippen LogP contribution in [0.5, 0.6) is 0 Å². The SMILES string of the molecule is CCC1=C(C)C(C)=C(C)C(C)=C=C1C. The monoisotopic (exact) mass is 188 g/mol. The van der Waals surface area contributed by atoms with Crippen LogP contribution in [-0.2, 0) is 0 Å². The molecule has 0 nitrogen and oxygen atoms in total. The van der Waals surface area contributed by atoms with Crippen molar-refractivity contribution >= 4 is 0 Å². The van der Waals surface area contributed by atoms with Gasteiger partial charge in [-0.2, -0.15) is 0 Å². The zero-order valence-corrected chi connectivity index (χ0v) is 10.2. The fourth-order valence-electron chi connectivity index (χ4n) is 2.05. The molecule has 0 aromatic rings. The first kappa shape index (κ1) is 11.1. The van der Waals surface area contributed by atoms with Gasteiger partial charge in [-0.3, -0.25) is 0 Å². The van der Waals surface area contributed by atoms with Crippen molar-refractivity contribution in [3.63, 3.8) is 0 Å². The zero-order chi connectivity index (χ0) is 10.9. The Bertz CT molecular complexity index is 380. The van der Waals surface area contributed by atoms with Crippen molar-refractivity contribution in [1.82, 2.24) is 0 Å². The van der Waals surface area contributed by atoms with Crippen LogP contribution in [0.3, 0.4) is 0 Å². The zero-order valence-electron chi connectivity index (χ0n) is 10.2. The van der Waals surface area contributed by atoms with Gasteiger partial charge in [0.1, 0.15) is 0 Å². The Kier molecular flexibility index (Phi) is 3.18. The molecule has 0 atom stereocenters. The van der Waals surface area contributed by atoms with Crippen LogP contribution in [0.4, 0.5) is 0 Å². The lowest BCUT2D eigenvalue weighted by atomic mass is 9.95. The van der Waals surface area contributed by atoms with E-state index in [2.05, 4.69) is 47.3 Å². The van der Waals surface area contributed by atoms with Gasteiger partial charge in [-0.05, 0) is 74.5 Å². The average molecular weight is 188 g/mol. The van der Waals surface area contributed by atoms with Gasteiger partial charge in [0.15, 0.2) is 0 Å². The molecule has 0 heterocycles. The van der Waals surface area contributed by atoms with Crippen LogP contribution in [0.15, 0.2) is 39.2 Å². The molecule has 0 fully saturated rings. The number of hydrogen-bond acceptors (Lipinski definition) is 0. The van der Waals surface area contributed by atoms with Gasteiger partial charge in [0, 0.05) is 0 Å². The van der Waals surface area contributed by atoms with E-state index < -0.39 is 0 Å². The van der Waals surface area contributed by atoms with Gasteiger partial charge in [-0.15, -0.1) is 5.73 Å². The molecular formula is C14H20. The van der Waals surface area contributed by atoms with Gasteiger partial charge < -0.3 is 0 Å². The van der Waals surface area contributed by atoms with Crippen LogP contribution in [0.1, 0.15) is 48.0 Å². The van der Waals surface area contributed by atoms with E-state index in [1.165, 1.54) is 33.4 Å². The summed E-state index contributed by atoms with van der Waals surface area (Å²) in [6.45, 7) is 13.2. The van der Waals surface area contributed by atoms with E-state index in [4.69, 9.17) is 0 Å². The lowest BCUT2D eigenvalue weighted by Gasteiger charge is -2.10. The summed E-state index contributed by atoms with van der Waals surface area (Å²) in [7, 11) is 0. The summed E-state index contributed by atoms with van der Waals surface area (Å²) in [4.78, 5) is 0. The summed E-state index contributed by atoms with van der Waals surface area (Å²) < 4.78 is 0. The molecule has 0 unspecified atom stereocenters. The van der Waals surface area contributed by atoms with Gasteiger partial charge in [0.05, 0.1) is 0 Å². The quantitative estimate of drug-likeness (QED) is 0.529. The average Bonchev–Trinajstić information content (AvgIpc) is 2.20. The molecule has 0 amide bonds. The highest BCUT2D eigenvalue weighted by molar-refractivity contribution is 5.51. The molecule has 0 aromatic heterocycles. The molecule has 0 bridgehead atoms. The van der Waals surface area contributed by atoms with Crippen molar-refractivity contribution in [1.29, 1.82) is 0 Å². The van der Waals surface area contributed by atoms with Gasteiger partial charge in [0.2, 0.25) is 0 Å². The second-order valence-electron chi connectivity index (χ2n) is 4.08. The van der Waals surface area contributed by atoms with Gasteiger partial charge in [-0.1, -0.05) is 6.92 Å².